The highest BCUT2D eigenvalue weighted by Crippen LogP contribution is 2.16. The first kappa shape index (κ1) is 14.0. The van der Waals surface area contributed by atoms with Gasteiger partial charge in [-0.1, -0.05) is 0 Å². The van der Waals surface area contributed by atoms with Crippen molar-refractivity contribution in [3.8, 4) is 6.07 Å². The van der Waals surface area contributed by atoms with Gasteiger partial charge in [-0.05, 0) is 25.5 Å². The van der Waals surface area contributed by atoms with Gasteiger partial charge in [0.2, 0.25) is 0 Å². The zero-order valence-electron chi connectivity index (χ0n) is 12.5. The van der Waals surface area contributed by atoms with Crippen molar-refractivity contribution in [2.45, 2.75) is 20.3 Å². The van der Waals surface area contributed by atoms with Crippen molar-refractivity contribution in [3.63, 3.8) is 0 Å². The second-order valence-corrected chi connectivity index (χ2v) is 5.42. The molecule has 0 saturated carbocycles. The van der Waals surface area contributed by atoms with Crippen molar-refractivity contribution in [2.24, 2.45) is 0 Å². The van der Waals surface area contributed by atoms with Crippen LogP contribution in [0.2, 0.25) is 0 Å². The van der Waals surface area contributed by atoms with Crippen LogP contribution < -0.4 is 0 Å². The molecule has 21 heavy (non-hydrogen) atoms. The van der Waals surface area contributed by atoms with E-state index in [0.717, 1.165) is 56.4 Å². The lowest BCUT2D eigenvalue weighted by Crippen LogP contribution is -2.37. The summed E-state index contributed by atoms with van der Waals surface area (Å²) in [6.45, 7) is 8.39. The third kappa shape index (κ3) is 2.75. The fraction of sp³-hybridized carbons (Fsp3) is 0.533. The predicted molar refractivity (Wildman–Crippen MR) is 78.1 cm³/mol. The van der Waals surface area contributed by atoms with E-state index in [-0.39, 0.29) is 0 Å². The highest BCUT2D eigenvalue weighted by atomic mass is 16.5. The van der Waals surface area contributed by atoms with E-state index in [2.05, 4.69) is 21.1 Å². The van der Waals surface area contributed by atoms with Crippen LogP contribution >= 0.6 is 0 Å². The predicted octanol–water partition coefficient (Wildman–Crippen LogP) is 1.09. The molecule has 3 rings (SSSR count). The molecule has 1 fully saturated rings. The smallest absolute Gasteiger partial charge is 0.173 e. The number of ether oxygens (including phenoxy) is 1. The maximum absolute atomic E-state index is 9.30. The van der Waals surface area contributed by atoms with Crippen molar-refractivity contribution in [1.82, 2.24) is 19.5 Å². The molecule has 1 aliphatic rings. The molecule has 110 valence electrons. The topological polar surface area (TPSA) is 66.4 Å². The van der Waals surface area contributed by atoms with Crippen molar-refractivity contribution < 1.29 is 4.74 Å². The van der Waals surface area contributed by atoms with Gasteiger partial charge in [0.25, 0.3) is 0 Å². The molecular weight excluding hydrogens is 266 g/mol. The second-order valence-electron chi connectivity index (χ2n) is 5.42. The van der Waals surface area contributed by atoms with Gasteiger partial charge in [0.15, 0.2) is 11.5 Å². The number of rotatable bonds is 3. The first-order valence-corrected chi connectivity index (χ1v) is 7.25. The van der Waals surface area contributed by atoms with Gasteiger partial charge in [0, 0.05) is 31.7 Å². The van der Waals surface area contributed by atoms with Crippen molar-refractivity contribution in [1.29, 1.82) is 5.26 Å². The van der Waals surface area contributed by atoms with Crippen molar-refractivity contribution in [2.75, 3.05) is 32.8 Å². The molecule has 1 aliphatic heterocycles. The van der Waals surface area contributed by atoms with E-state index < -0.39 is 0 Å². The monoisotopic (exact) mass is 285 g/mol. The summed E-state index contributed by atoms with van der Waals surface area (Å²) in [6.07, 6.45) is 0.797. The average Bonchev–Trinajstić information content (AvgIpc) is 2.91. The molecular formula is C15H19N5O. The van der Waals surface area contributed by atoms with E-state index in [1.165, 1.54) is 0 Å². The van der Waals surface area contributed by atoms with Crippen LogP contribution in [0.25, 0.3) is 5.65 Å². The van der Waals surface area contributed by atoms with Crippen LogP contribution in [-0.4, -0.2) is 52.3 Å². The van der Waals surface area contributed by atoms with Crippen LogP contribution in [-0.2, 0) is 11.2 Å². The number of nitriles is 1. The maximum Gasteiger partial charge on any atom is 0.173 e. The Labute approximate surface area is 124 Å². The molecule has 3 heterocycles. The molecule has 0 unspecified atom stereocenters. The van der Waals surface area contributed by atoms with Gasteiger partial charge < -0.3 is 4.74 Å². The molecule has 1 saturated heterocycles. The summed E-state index contributed by atoms with van der Waals surface area (Å²) in [5.41, 5.74) is 3.25. The quantitative estimate of drug-likeness (QED) is 0.844. The van der Waals surface area contributed by atoms with E-state index >= 15 is 0 Å². The summed E-state index contributed by atoms with van der Waals surface area (Å²) in [5, 5.41) is 13.8. The van der Waals surface area contributed by atoms with Crippen molar-refractivity contribution in [3.05, 3.63) is 28.7 Å². The number of nitrogens with zero attached hydrogens (tertiary/aromatic N) is 5. The molecule has 0 amide bonds. The van der Waals surface area contributed by atoms with Gasteiger partial charge >= 0.3 is 0 Å². The van der Waals surface area contributed by atoms with Gasteiger partial charge in [-0.25, -0.2) is 9.50 Å². The Kier molecular flexibility index (Phi) is 3.86. The Balaban J connectivity index is 1.84. The minimum Gasteiger partial charge on any atom is -0.379 e. The maximum atomic E-state index is 9.30. The van der Waals surface area contributed by atoms with E-state index in [4.69, 9.17) is 4.74 Å². The molecule has 0 atom stereocenters. The first-order chi connectivity index (χ1) is 10.2. The van der Waals surface area contributed by atoms with Gasteiger partial charge in [-0.15, -0.1) is 0 Å². The summed E-state index contributed by atoms with van der Waals surface area (Å²) in [5.74, 6) is 0.798. The van der Waals surface area contributed by atoms with Crippen molar-refractivity contribution >= 4 is 5.65 Å². The molecule has 2 aromatic heterocycles. The number of fused-ring (bicyclic) bond motifs is 1. The Morgan fingerprint density at radius 1 is 1.33 bits per heavy atom. The molecule has 0 radical (unpaired) electrons. The zero-order valence-corrected chi connectivity index (χ0v) is 12.5. The summed E-state index contributed by atoms with van der Waals surface area (Å²) in [4.78, 5) is 6.92. The van der Waals surface area contributed by atoms with Crippen LogP contribution in [0, 0.1) is 25.2 Å². The molecule has 0 aliphatic carbocycles. The molecule has 6 nitrogen and oxygen atoms in total. The van der Waals surface area contributed by atoms with E-state index in [1.807, 2.05) is 19.9 Å². The summed E-state index contributed by atoms with van der Waals surface area (Å²) in [7, 11) is 0. The van der Waals surface area contributed by atoms with Gasteiger partial charge in [0.1, 0.15) is 6.07 Å². The van der Waals surface area contributed by atoms with Crippen LogP contribution in [0.1, 0.15) is 22.6 Å². The summed E-state index contributed by atoms with van der Waals surface area (Å²) in [6, 6.07) is 4.21. The number of hydrogen-bond acceptors (Lipinski definition) is 5. The van der Waals surface area contributed by atoms with Crippen LogP contribution in [0.5, 0.6) is 0 Å². The number of morpholine rings is 1. The molecule has 0 bridgehead atoms. The Morgan fingerprint density at radius 3 is 2.81 bits per heavy atom. The highest BCUT2D eigenvalue weighted by Gasteiger charge is 2.15. The Hall–Kier alpha value is -1.97. The molecule has 2 aromatic rings. The normalized spacial score (nSPS) is 16.2. The van der Waals surface area contributed by atoms with E-state index in [1.54, 1.807) is 4.52 Å². The number of pyridine rings is 1. The summed E-state index contributed by atoms with van der Waals surface area (Å²) >= 11 is 0. The largest absolute Gasteiger partial charge is 0.379 e. The standard InChI is InChI=1S/C15H19N5O/c1-11-9-12(2)20-15(13(11)10-16)17-14(18-20)3-4-19-5-7-21-8-6-19/h9H,3-8H2,1-2H3. The number of aryl methyl sites for hydroxylation is 2. The molecule has 6 heteroatoms. The van der Waals surface area contributed by atoms with Crippen LogP contribution in [0.15, 0.2) is 6.07 Å². The minimum absolute atomic E-state index is 0.616. The lowest BCUT2D eigenvalue weighted by atomic mass is 10.1. The molecule has 0 N–H and O–H groups in total. The van der Waals surface area contributed by atoms with Gasteiger partial charge in [-0.3, -0.25) is 4.90 Å². The van der Waals surface area contributed by atoms with Gasteiger partial charge in [-0.2, -0.15) is 10.4 Å². The van der Waals surface area contributed by atoms with E-state index in [0.29, 0.717) is 11.2 Å². The number of hydrogen-bond donors (Lipinski definition) is 0. The first-order valence-electron chi connectivity index (χ1n) is 7.25. The highest BCUT2D eigenvalue weighted by molar-refractivity contribution is 5.59. The van der Waals surface area contributed by atoms with Crippen LogP contribution in [0.4, 0.5) is 0 Å². The number of aromatic nitrogens is 3. The third-order valence-electron chi connectivity index (χ3n) is 3.90. The minimum atomic E-state index is 0.616. The fourth-order valence-electron chi connectivity index (χ4n) is 2.71. The fourth-order valence-corrected chi connectivity index (χ4v) is 2.71. The Bertz CT molecular complexity index is 694. The lowest BCUT2D eigenvalue weighted by Gasteiger charge is -2.25. The van der Waals surface area contributed by atoms with E-state index in [9.17, 15) is 5.26 Å². The molecule has 0 spiro atoms. The molecule has 0 aromatic carbocycles. The SMILES string of the molecule is Cc1cc(C)n2nc(CCN3CCOCC3)nc2c1C#N. The lowest BCUT2D eigenvalue weighted by molar-refractivity contribution is 0.0382. The van der Waals surface area contributed by atoms with Gasteiger partial charge in [0.05, 0.1) is 18.8 Å². The second kappa shape index (κ2) is 5.80. The average molecular weight is 285 g/mol. The third-order valence-corrected chi connectivity index (χ3v) is 3.90. The Morgan fingerprint density at radius 2 is 2.10 bits per heavy atom. The van der Waals surface area contributed by atoms with Crippen LogP contribution in [0.3, 0.4) is 0 Å². The zero-order chi connectivity index (χ0) is 14.8. The summed E-state index contributed by atoms with van der Waals surface area (Å²) < 4.78 is 7.12.